The van der Waals surface area contributed by atoms with Crippen molar-refractivity contribution in [3.8, 4) is 5.75 Å². The lowest BCUT2D eigenvalue weighted by Gasteiger charge is -2.12. The van der Waals surface area contributed by atoms with E-state index in [-0.39, 0.29) is 0 Å². The van der Waals surface area contributed by atoms with Gasteiger partial charge in [-0.15, -0.1) is 0 Å². The summed E-state index contributed by atoms with van der Waals surface area (Å²) >= 11 is 0. The van der Waals surface area contributed by atoms with Crippen LogP contribution in [0.3, 0.4) is 0 Å². The highest BCUT2D eigenvalue weighted by molar-refractivity contribution is 5.83. The Labute approximate surface area is 109 Å². The maximum atomic E-state index is 5.30. The minimum absolute atomic E-state index is 0.715. The van der Waals surface area contributed by atoms with Crippen molar-refractivity contribution in [2.45, 2.75) is 33.1 Å². The van der Waals surface area contributed by atoms with E-state index >= 15 is 0 Å². The fourth-order valence-corrected chi connectivity index (χ4v) is 2.46. The largest absolute Gasteiger partial charge is 0.497 e. The van der Waals surface area contributed by atoms with E-state index in [1.165, 1.54) is 23.8 Å². The maximum Gasteiger partial charge on any atom is 0.119 e. The Morgan fingerprint density at radius 2 is 2.11 bits per heavy atom. The molecule has 2 heteroatoms. The summed E-state index contributed by atoms with van der Waals surface area (Å²) < 4.78 is 5.30. The molecule has 0 bridgehead atoms. The van der Waals surface area contributed by atoms with Crippen molar-refractivity contribution >= 4 is 10.9 Å². The van der Waals surface area contributed by atoms with Crippen molar-refractivity contribution in [2.24, 2.45) is 5.92 Å². The van der Waals surface area contributed by atoms with Crippen molar-refractivity contribution in [1.82, 2.24) is 4.98 Å². The molecule has 1 unspecified atom stereocenters. The summed E-state index contributed by atoms with van der Waals surface area (Å²) in [7, 11) is 1.71. The predicted molar refractivity (Wildman–Crippen MR) is 76.1 cm³/mol. The third kappa shape index (κ3) is 2.81. The van der Waals surface area contributed by atoms with Crippen LogP contribution in [0.5, 0.6) is 5.75 Å². The zero-order chi connectivity index (χ0) is 13.0. The van der Waals surface area contributed by atoms with Gasteiger partial charge in [-0.2, -0.15) is 0 Å². The molecule has 1 aromatic heterocycles. The second kappa shape index (κ2) is 5.85. The lowest BCUT2D eigenvalue weighted by atomic mass is 9.95. The number of methoxy groups -OCH3 is 1. The fourth-order valence-electron chi connectivity index (χ4n) is 2.46. The molecule has 2 nitrogen and oxygen atoms in total. The van der Waals surface area contributed by atoms with Gasteiger partial charge in [0, 0.05) is 11.6 Å². The van der Waals surface area contributed by atoms with Gasteiger partial charge in [-0.25, -0.2) is 0 Å². The highest BCUT2D eigenvalue weighted by atomic mass is 16.5. The third-order valence-corrected chi connectivity index (χ3v) is 3.39. The first-order chi connectivity index (χ1) is 8.74. The van der Waals surface area contributed by atoms with Crippen molar-refractivity contribution in [1.29, 1.82) is 0 Å². The zero-order valence-corrected chi connectivity index (χ0v) is 11.4. The molecule has 1 atom stereocenters. The average Bonchev–Trinajstić information content (AvgIpc) is 2.39. The molecule has 0 amide bonds. The van der Waals surface area contributed by atoms with E-state index in [4.69, 9.17) is 4.74 Å². The first kappa shape index (κ1) is 12.9. The second-order valence-corrected chi connectivity index (χ2v) is 4.95. The zero-order valence-electron chi connectivity index (χ0n) is 11.4. The van der Waals surface area contributed by atoms with Crippen LogP contribution in [0, 0.1) is 5.92 Å². The molecular formula is C16H21NO. The summed E-state index contributed by atoms with van der Waals surface area (Å²) in [4.78, 5) is 4.41. The Balaban J connectivity index is 2.36. The van der Waals surface area contributed by atoms with Gasteiger partial charge in [-0.1, -0.05) is 26.7 Å². The van der Waals surface area contributed by atoms with Gasteiger partial charge in [0.05, 0.1) is 12.6 Å². The van der Waals surface area contributed by atoms with Gasteiger partial charge in [0.1, 0.15) is 5.75 Å². The smallest absolute Gasteiger partial charge is 0.119 e. The molecule has 2 rings (SSSR count). The van der Waals surface area contributed by atoms with Crippen molar-refractivity contribution < 1.29 is 4.74 Å². The lowest BCUT2D eigenvalue weighted by Crippen LogP contribution is -2.00. The fraction of sp³-hybridized carbons (Fsp3) is 0.438. The average molecular weight is 243 g/mol. The highest BCUT2D eigenvalue weighted by Crippen LogP contribution is 2.25. The summed E-state index contributed by atoms with van der Waals surface area (Å²) in [6.45, 7) is 4.56. The Kier molecular flexibility index (Phi) is 4.19. The number of ether oxygens (including phenoxy) is 1. The number of benzene rings is 1. The van der Waals surface area contributed by atoms with Gasteiger partial charge in [0.2, 0.25) is 0 Å². The Morgan fingerprint density at radius 3 is 2.83 bits per heavy atom. The van der Waals surface area contributed by atoms with Crippen molar-refractivity contribution in [2.75, 3.05) is 7.11 Å². The number of hydrogen-bond donors (Lipinski definition) is 0. The van der Waals surface area contributed by atoms with Crippen LogP contribution in [0.2, 0.25) is 0 Å². The standard InChI is InChI=1S/C16H21NO/c1-4-5-12(2)10-13-8-9-17-16-7-6-14(18-3)11-15(13)16/h6-9,11-12H,4-5,10H2,1-3H3. The normalized spacial score (nSPS) is 12.6. The molecule has 0 spiro atoms. The molecule has 0 saturated carbocycles. The summed E-state index contributed by atoms with van der Waals surface area (Å²) in [5.74, 6) is 1.62. The molecule has 0 saturated heterocycles. The molecule has 96 valence electrons. The van der Waals surface area contributed by atoms with E-state index < -0.39 is 0 Å². The summed E-state index contributed by atoms with van der Waals surface area (Å²) in [6.07, 6.45) is 5.53. The van der Waals surface area contributed by atoms with Crippen LogP contribution in [-0.2, 0) is 6.42 Å². The minimum Gasteiger partial charge on any atom is -0.497 e. The number of nitrogens with zero attached hydrogens (tertiary/aromatic N) is 1. The molecule has 2 aromatic rings. The van der Waals surface area contributed by atoms with E-state index in [1.54, 1.807) is 7.11 Å². The molecule has 1 aromatic carbocycles. The van der Waals surface area contributed by atoms with Gasteiger partial charge in [-0.3, -0.25) is 4.98 Å². The predicted octanol–water partition coefficient (Wildman–Crippen LogP) is 4.22. The molecule has 0 radical (unpaired) electrons. The monoisotopic (exact) mass is 243 g/mol. The quantitative estimate of drug-likeness (QED) is 0.784. The number of hydrogen-bond acceptors (Lipinski definition) is 2. The minimum atomic E-state index is 0.715. The van der Waals surface area contributed by atoms with Gasteiger partial charge in [0.25, 0.3) is 0 Å². The van der Waals surface area contributed by atoms with Crippen molar-refractivity contribution in [3.05, 3.63) is 36.0 Å². The van der Waals surface area contributed by atoms with Gasteiger partial charge in [-0.05, 0) is 42.2 Å². The van der Waals surface area contributed by atoms with Crippen molar-refractivity contribution in [3.63, 3.8) is 0 Å². The molecule has 0 aliphatic rings. The van der Waals surface area contributed by atoms with E-state index in [0.717, 1.165) is 17.7 Å². The molecule has 18 heavy (non-hydrogen) atoms. The Morgan fingerprint density at radius 1 is 1.28 bits per heavy atom. The molecule has 0 fully saturated rings. The van der Waals surface area contributed by atoms with E-state index in [9.17, 15) is 0 Å². The Hall–Kier alpha value is -1.57. The van der Waals surface area contributed by atoms with Crippen LogP contribution in [0.25, 0.3) is 10.9 Å². The van der Waals surface area contributed by atoms with Gasteiger partial charge >= 0.3 is 0 Å². The summed E-state index contributed by atoms with van der Waals surface area (Å²) in [5, 5.41) is 1.22. The van der Waals surface area contributed by atoms with Crippen LogP contribution in [0.4, 0.5) is 0 Å². The Bertz CT molecular complexity index is 521. The first-order valence-corrected chi connectivity index (χ1v) is 6.66. The SMILES string of the molecule is CCCC(C)Cc1ccnc2ccc(OC)cc12. The van der Waals surface area contributed by atoms with Crippen LogP contribution >= 0.6 is 0 Å². The molecule has 1 heterocycles. The van der Waals surface area contributed by atoms with Gasteiger partial charge in [0.15, 0.2) is 0 Å². The summed E-state index contributed by atoms with van der Waals surface area (Å²) in [6, 6.07) is 8.22. The second-order valence-electron chi connectivity index (χ2n) is 4.95. The summed E-state index contributed by atoms with van der Waals surface area (Å²) in [5.41, 5.74) is 2.43. The number of aromatic nitrogens is 1. The van der Waals surface area contributed by atoms with E-state index in [2.05, 4.69) is 31.0 Å². The topological polar surface area (TPSA) is 22.1 Å². The third-order valence-electron chi connectivity index (χ3n) is 3.39. The van der Waals surface area contributed by atoms with Crippen LogP contribution in [-0.4, -0.2) is 12.1 Å². The van der Waals surface area contributed by atoms with Crippen LogP contribution < -0.4 is 4.74 Å². The number of rotatable bonds is 5. The molecule has 0 aliphatic carbocycles. The van der Waals surface area contributed by atoms with E-state index in [0.29, 0.717) is 5.92 Å². The molecule has 0 aliphatic heterocycles. The maximum absolute atomic E-state index is 5.30. The highest BCUT2D eigenvalue weighted by Gasteiger charge is 2.07. The molecule has 0 N–H and O–H groups in total. The lowest BCUT2D eigenvalue weighted by molar-refractivity contribution is 0.415. The van der Waals surface area contributed by atoms with Crippen LogP contribution in [0.1, 0.15) is 32.3 Å². The number of pyridine rings is 1. The van der Waals surface area contributed by atoms with Gasteiger partial charge < -0.3 is 4.74 Å². The van der Waals surface area contributed by atoms with Crippen LogP contribution in [0.15, 0.2) is 30.5 Å². The molecular weight excluding hydrogens is 222 g/mol. The van der Waals surface area contributed by atoms with E-state index in [1.807, 2.05) is 18.3 Å². The first-order valence-electron chi connectivity index (χ1n) is 6.66. The number of fused-ring (bicyclic) bond motifs is 1.